The minimum absolute atomic E-state index is 0.122. The Morgan fingerprint density at radius 3 is 2.86 bits per heavy atom. The Bertz CT molecular complexity index is 690. The highest BCUT2D eigenvalue weighted by Crippen LogP contribution is 2.30. The monoisotopic (exact) mass is 342 g/mol. The highest BCUT2D eigenvalue weighted by Gasteiger charge is 2.22. The smallest absolute Gasteiger partial charge is 0.234 e. The van der Waals surface area contributed by atoms with Crippen molar-refractivity contribution in [2.45, 2.75) is 23.2 Å². The highest BCUT2D eigenvalue weighted by atomic mass is 32.2. The molecular formula is C13H12F2N4OS2. The fourth-order valence-corrected chi connectivity index (χ4v) is 3.26. The van der Waals surface area contributed by atoms with Gasteiger partial charge in [-0.2, -0.15) is 0 Å². The van der Waals surface area contributed by atoms with Crippen molar-refractivity contribution >= 4 is 39.8 Å². The van der Waals surface area contributed by atoms with Crippen LogP contribution in [0.4, 0.5) is 19.6 Å². The number of carbonyl (C=O) groups is 1. The van der Waals surface area contributed by atoms with Gasteiger partial charge in [0.15, 0.2) is 16.0 Å². The molecule has 1 aliphatic carbocycles. The second-order valence-corrected chi connectivity index (χ2v) is 6.96. The van der Waals surface area contributed by atoms with Crippen LogP contribution in [0.15, 0.2) is 22.5 Å². The number of nitrogens with zero attached hydrogens (tertiary/aromatic N) is 2. The SMILES string of the molecule is O=C(CSc1nnc(NC2CC2)s1)Nc1ccc(F)c(F)c1. The molecule has 1 fully saturated rings. The van der Waals surface area contributed by atoms with Crippen molar-refractivity contribution in [3.63, 3.8) is 0 Å². The quantitative estimate of drug-likeness (QED) is 0.790. The van der Waals surface area contributed by atoms with Crippen molar-refractivity contribution in [2.24, 2.45) is 0 Å². The van der Waals surface area contributed by atoms with Crippen LogP contribution in [0.3, 0.4) is 0 Å². The van der Waals surface area contributed by atoms with Gasteiger partial charge in [-0.05, 0) is 25.0 Å². The molecule has 5 nitrogen and oxygen atoms in total. The van der Waals surface area contributed by atoms with E-state index in [0.717, 1.165) is 30.1 Å². The van der Waals surface area contributed by atoms with E-state index in [1.165, 1.54) is 29.2 Å². The molecule has 3 rings (SSSR count). The van der Waals surface area contributed by atoms with E-state index in [9.17, 15) is 13.6 Å². The first kappa shape index (κ1) is 15.2. The summed E-state index contributed by atoms with van der Waals surface area (Å²) >= 11 is 2.64. The molecule has 2 aromatic rings. The maximum atomic E-state index is 13.0. The molecule has 1 saturated carbocycles. The predicted molar refractivity (Wildman–Crippen MR) is 82.3 cm³/mol. The Kier molecular flexibility index (Phi) is 4.53. The Hall–Kier alpha value is -1.74. The summed E-state index contributed by atoms with van der Waals surface area (Å²) in [5.41, 5.74) is 0.220. The number of halogens is 2. The largest absolute Gasteiger partial charge is 0.357 e. The fraction of sp³-hybridized carbons (Fsp3) is 0.308. The van der Waals surface area contributed by atoms with Crippen LogP contribution in [0.25, 0.3) is 0 Å². The molecule has 0 bridgehead atoms. The predicted octanol–water partition coefficient (Wildman–Crippen LogP) is 3.12. The first-order valence-corrected chi connectivity index (χ1v) is 8.38. The molecule has 22 heavy (non-hydrogen) atoms. The van der Waals surface area contributed by atoms with Gasteiger partial charge in [0, 0.05) is 17.8 Å². The average Bonchev–Trinajstić information content (AvgIpc) is 3.18. The van der Waals surface area contributed by atoms with E-state index in [0.29, 0.717) is 10.4 Å². The van der Waals surface area contributed by atoms with Crippen LogP contribution in [0.5, 0.6) is 0 Å². The summed E-state index contributed by atoms with van der Waals surface area (Å²) in [6.45, 7) is 0. The summed E-state index contributed by atoms with van der Waals surface area (Å²) in [6, 6.07) is 3.73. The molecule has 0 aliphatic heterocycles. The van der Waals surface area contributed by atoms with Gasteiger partial charge in [0.2, 0.25) is 11.0 Å². The number of thioether (sulfide) groups is 1. The van der Waals surface area contributed by atoms with Crippen molar-refractivity contribution in [3.8, 4) is 0 Å². The summed E-state index contributed by atoms with van der Waals surface area (Å²) in [5.74, 6) is -2.14. The van der Waals surface area contributed by atoms with Gasteiger partial charge in [-0.25, -0.2) is 8.78 Å². The van der Waals surface area contributed by atoms with Crippen molar-refractivity contribution in [2.75, 3.05) is 16.4 Å². The van der Waals surface area contributed by atoms with Gasteiger partial charge in [-0.1, -0.05) is 23.1 Å². The molecule has 1 aromatic heterocycles. The first-order valence-electron chi connectivity index (χ1n) is 6.58. The third-order valence-corrected chi connectivity index (χ3v) is 4.83. The molecule has 9 heteroatoms. The molecule has 116 valence electrons. The molecule has 2 N–H and O–H groups in total. The maximum absolute atomic E-state index is 13.0. The van der Waals surface area contributed by atoms with Gasteiger partial charge in [0.25, 0.3) is 0 Å². The zero-order chi connectivity index (χ0) is 15.5. The van der Waals surface area contributed by atoms with Crippen molar-refractivity contribution in [1.29, 1.82) is 0 Å². The van der Waals surface area contributed by atoms with Crippen LogP contribution in [-0.4, -0.2) is 27.9 Å². The van der Waals surface area contributed by atoms with Gasteiger partial charge < -0.3 is 10.6 Å². The minimum atomic E-state index is -0.995. The number of hydrogen-bond acceptors (Lipinski definition) is 6. The topological polar surface area (TPSA) is 66.9 Å². The zero-order valence-corrected chi connectivity index (χ0v) is 12.9. The maximum Gasteiger partial charge on any atom is 0.234 e. The number of hydrogen-bond donors (Lipinski definition) is 2. The van der Waals surface area contributed by atoms with E-state index < -0.39 is 11.6 Å². The van der Waals surface area contributed by atoms with Crippen molar-refractivity contribution in [3.05, 3.63) is 29.8 Å². The van der Waals surface area contributed by atoms with Crippen LogP contribution in [-0.2, 0) is 4.79 Å². The summed E-state index contributed by atoms with van der Waals surface area (Å²) in [5, 5.41) is 14.5. The van der Waals surface area contributed by atoms with Crippen LogP contribution in [0, 0.1) is 11.6 Å². The van der Waals surface area contributed by atoms with Crippen molar-refractivity contribution in [1.82, 2.24) is 10.2 Å². The van der Waals surface area contributed by atoms with E-state index in [-0.39, 0.29) is 17.3 Å². The summed E-state index contributed by atoms with van der Waals surface area (Å²) in [4.78, 5) is 11.8. The zero-order valence-electron chi connectivity index (χ0n) is 11.3. The molecule has 0 spiro atoms. The Balaban J connectivity index is 1.48. The average molecular weight is 342 g/mol. The minimum Gasteiger partial charge on any atom is -0.357 e. The van der Waals surface area contributed by atoms with E-state index in [1.807, 2.05) is 0 Å². The number of carbonyl (C=O) groups excluding carboxylic acids is 1. The third-order valence-electron chi connectivity index (χ3n) is 2.84. The summed E-state index contributed by atoms with van der Waals surface area (Å²) in [7, 11) is 0. The lowest BCUT2D eigenvalue weighted by Crippen LogP contribution is -2.14. The highest BCUT2D eigenvalue weighted by molar-refractivity contribution is 8.01. The molecule has 1 amide bonds. The first-order chi connectivity index (χ1) is 10.6. The van der Waals surface area contributed by atoms with Crippen LogP contribution >= 0.6 is 23.1 Å². The second kappa shape index (κ2) is 6.57. The molecule has 0 atom stereocenters. The van der Waals surface area contributed by atoms with Gasteiger partial charge in [-0.15, -0.1) is 10.2 Å². The lowest BCUT2D eigenvalue weighted by molar-refractivity contribution is -0.113. The Morgan fingerprint density at radius 1 is 1.32 bits per heavy atom. The molecular weight excluding hydrogens is 330 g/mol. The summed E-state index contributed by atoms with van der Waals surface area (Å²) < 4.78 is 26.5. The third kappa shape index (κ3) is 4.14. The molecule has 0 radical (unpaired) electrons. The Labute approximate surface area is 133 Å². The number of aromatic nitrogens is 2. The number of amides is 1. The van der Waals surface area contributed by atoms with E-state index in [2.05, 4.69) is 20.8 Å². The molecule has 0 saturated heterocycles. The van der Waals surface area contributed by atoms with E-state index in [4.69, 9.17) is 0 Å². The van der Waals surface area contributed by atoms with Gasteiger partial charge in [-0.3, -0.25) is 4.79 Å². The number of rotatable bonds is 6. The van der Waals surface area contributed by atoms with E-state index in [1.54, 1.807) is 0 Å². The standard InChI is InChI=1S/C13H12F2N4OS2/c14-9-4-3-8(5-10(9)15)16-11(20)6-21-13-19-18-12(22-13)17-7-1-2-7/h3-5,7H,1-2,6H2,(H,16,20)(H,17,18). The lowest BCUT2D eigenvalue weighted by Gasteiger charge is -2.04. The van der Waals surface area contributed by atoms with E-state index >= 15 is 0 Å². The molecule has 0 unspecified atom stereocenters. The number of benzene rings is 1. The van der Waals surface area contributed by atoms with Crippen molar-refractivity contribution < 1.29 is 13.6 Å². The lowest BCUT2D eigenvalue weighted by atomic mass is 10.3. The Morgan fingerprint density at radius 2 is 2.14 bits per heavy atom. The molecule has 1 heterocycles. The van der Waals surface area contributed by atoms with Crippen LogP contribution in [0.1, 0.15) is 12.8 Å². The molecule has 1 aromatic carbocycles. The number of anilines is 2. The van der Waals surface area contributed by atoms with Gasteiger partial charge in [0.1, 0.15) is 0 Å². The summed E-state index contributed by atoms with van der Waals surface area (Å²) in [6.07, 6.45) is 2.30. The second-order valence-electron chi connectivity index (χ2n) is 4.76. The van der Waals surface area contributed by atoms with Crippen LogP contribution in [0.2, 0.25) is 0 Å². The normalized spacial score (nSPS) is 13.9. The fourth-order valence-electron chi connectivity index (χ4n) is 1.63. The van der Waals surface area contributed by atoms with Gasteiger partial charge in [0.05, 0.1) is 5.75 Å². The molecule has 1 aliphatic rings. The van der Waals surface area contributed by atoms with Crippen LogP contribution < -0.4 is 10.6 Å². The number of nitrogens with one attached hydrogen (secondary N) is 2. The van der Waals surface area contributed by atoms with Gasteiger partial charge >= 0.3 is 0 Å².